The van der Waals surface area contributed by atoms with E-state index in [0.29, 0.717) is 12.0 Å². The average Bonchev–Trinajstić information content (AvgIpc) is 2.66. The van der Waals surface area contributed by atoms with Crippen LogP contribution in [0.2, 0.25) is 0 Å². The predicted molar refractivity (Wildman–Crippen MR) is 117 cm³/mol. The first-order valence-electron chi connectivity index (χ1n) is 11.2. The van der Waals surface area contributed by atoms with E-state index in [4.69, 9.17) is 0 Å². The molecule has 1 nitrogen and oxygen atoms in total. The maximum Gasteiger partial charge on any atom is 0.126 e. The minimum Gasteiger partial charge on any atom is -0.307 e. The van der Waals surface area contributed by atoms with Gasteiger partial charge in [0.05, 0.1) is 0 Å². The van der Waals surface area contributed by atoms with Gasteiger partial charge in [0.25, 0.3) is 0 Å². The fourth-order valence-corrected chi connectivity index (χ4v) is 4.56. The number of halogens is 3. The lowest BCUT2D eigenvalue weighted by Crippen LogP contribution is -2.44. The SMILES string of the molecule is CC(C)(C)c1cc(F)cc(C2(NCCCCc3cc(F)cc(F)c3)CCCCC2)c1. The smallest absolute Gasteiger partial charge is 0.126 e. The lowest BCUT2D eigenvalue weighted by molar-refractivity contribution is 0.231. The fourth-order valence-electron chi connectivity index (χ4n) is 4.56. The summed E-state index contributed by atoms with van der Waals surface area (Å²) < 4.78 is 41.2. The molecule has 1 aliphatic carbocycles. The molecular weight excluding hydrogens is 383 g/mol. The molecule has 30 heavy (non-hydrogen) atoms. The first kappa shape index (κ1) is 22.9. The van der Waals surface area contributed by atoms with Crippen LogP contribution in [0.25, 0.3) is 0 Å². The van der Waals surface area contributed by atoms with Crippen molar-refractivity contribution in [2.45, 2.75) is 83.1 Å². The summed E-state index contributed by atoms with van der Waals surface area (Å²) in [5.41, 5.74) is 2.48. The van der Waals surface area contributed by atoms with Crippen molar-refractivity contribution in [3.63, 3.8) is 0 Å². The number of rotatable bonds is 7. The van der Waals surface area contributed by atoms with Gasteiger partial charge < -0.3 is 5.32 Å². The van der Waals surface area contributed by atoms with Crippen molar-refractivity contribution in [1.82, 2.24) is 5.32 Å². The van der Waals surface area contributed by atoms with Crippen LogP contribution in [0.5, 0.6) is 0 Å². The molecule has 0 heterocycles. The number of nitrogens with one attached hydrogen (secondary N) is 1. The zero-order valence-electron chi connectivity index (χ0n) is 18.5. The second-order valence-electron chi connectivity index (χ2n) is 9.78. The van der Waals surface area contributed by atoms with Crippen molar-refractivity contribution >= 4 is 0 Å². The molecule has 1 aliphatic rings. The first-order chi connectivity index (χ1) is 14.2. The molecule has 0 bridgehead atoms. The zero-order valence-corrected chi connectivity index (χ0v) is 18.5. The van der Waals surface area contributed by atoms with E-state index in [2.05, 4.69) is 32.2 Å². The number of hydrogen-bond donors (Lipinski definition) is 1. The summed E-state index contributed by atoms with van der Waals surface area (Å²) in [6.45, 7) is 7.14. The summed E-state index contributed by atoms with van der Waals surface area (Å²) in [7, 11) is 0. The highest BCUT2D eigenvalue weighted by Crippen LogP contribution is 2.39. The van der Waals surface area contributed by atoms with Gasteiger partial charge in [-0.2, -0.15) is 0 Å². The van der Waals surface area contributed by atoms with E-state index in [1.807, 2.05) is 0 Å². The molecule has 0 radical (unpaired) electrons. The van der Waals surface area contributed by atoms with Crippen molar-refractivity contribution in [3.05, 3.63) is 70.5 Å². The van der Waals surface area contributed by atoms with Crippen LogP contribution in [0.15, 0.2) is 36.4 Å². The Balaban J connectivity index is 1.67. The lowest BCUT2D eigenvalue weighted by atomic mass is 9.74. The molecule has 0 saturated heterocycles. The second-order valence-corrected chi connectivity index (χ2v) is 9.78. The van der Waals surface area contributed by atoms with Crippen molar-refractivity contribution in [2.75, 3.05) is 6.54 Å². The first-order valence-corrected chi connectivity index (χ1v) is 11.2. The summed E-state index contributed by atoms with van der Waals surface area (Å²) in [5, 5.41) is 3.75. The van der Waals surface area contributed by atoms with Gasteiger partial charge in [0.2, 0.25) is 0 Å². The topological polar surface area (TPSA) is 12.0 Å². The molecule has 0 spiro atoms. The number of benzene rings is 2. The third-order valence-corrected chi connectivity index (χ3v) is 6.30. The molecular formula is C26H34F3N. The highest BCUT2D eigenvalue weighted by molar-refractivity contribution is 5.34. The van der Waals surface area contributed by atoms with Crippen LogP contribution in [-0.4, -0.2) is 6.54 Å². The summed E-state index contributed by atoms with van der Waals surface area (Å²) in [6.07, 6.45) is 7.91. The van der Waals surface area contributed by atoms with Gasteiger partial charge in [-0.25, -0.2) is 13.2 Å². The van der Waals surface area contributed by atoms with Crippen molar-refractivity contribution in [1.29, 1.82) is 0 Å². The number of unbranched alkanes of at least 4 members (excludes halogenated alkanes) is 1. The standard InChI is InChI=1S/C26H34F3N/c1-25(2,3)20-15-21(17-24(29)16-20)26(10-6-4-7-11-26)30-12-8-5-9-19-13-22(27)18-23(28)14-19/h13-18,30H,4-12H2,1-3H3. The Hall–Kier alpha value is -1.81. The number of hydrogen-bond acceptors (Lipinski definition) is 1. The van der Waals surface area contributed by atoms with Crippen LogP contribution in [0.1, 0.15) is 82.4 Å². The van der Waals surface area contributed by atoms with Gasteiger partial charge in [-0.15, -0.1) is 0 Å². The lowest BCUT2D eigenvalue weighted by Gasteiger charge is -2.40. The molecule has 2 aromatic carbocycles. The maximum absolute atomic E-state index is 14.5. The van der Waals surface area contributed by atoms with Crippen LogP contribution < -0.4 is 5.32 Å². The summed E-state index contributed by atoms with van der Waals surface area (Å²) in [5.74, 6) is -1.22. The van der Waals surface area contributed by atoms with Gasteiger partial charge in [-0.05, 0) is 85.0 Å². The Morgan fingerprint density at radius 2 is 1.43 bits per heavy atom. The Bertz CT molecular complexity index is 828. The molecule has 0 unspecified atom stereocenters. The highest BCUT2D eigenvalue weighted by Gasteiger charge is 2.34. The Labute approximate surface area is 179 Å². The molecule has 0 amide bonds. The van der Waals surface area contributed by atoms with Gasteiger partial charge in [0.15, 0.2) is 0 Å². The van der Waals surface area contributed by atoms with E-state index >= 15 is 0 Å². The molecule has 4 heteroatoms. The van der Waals surface area contributed by atoms with Crippen molar-refractivity contribution in [2.24, 2.45) is 0 Å². The van der Waals surface area contributed by atoms with Gasteiger partial charge in [0, 0.05) is 11.6 Å². The molecule has 3 rings (SSSR count). The molecule has 0 atom stereocenters. The van der Waals surface area contributed by atoms with Crippen LogP contribution in [-0.2, 0) is 17.4 Å². The third kappa shape index (κ3) is 5.87. The Morgan fingerprint density at radius 3 is 2.07 bits per heavy atom. The van der Waals surface area contributed by atoms with Gasteiger partial charge in [-0.1, -0.05) is 46.1 Å². The van der Waals surface area contributed by atoms with Crippen molar-refractivity contribution in [3.8, 4) is 0 Å². The monoisotopic (exact) mass is 417 g/mol. The summed E-state index contributed by atoms with van der Waals surface area (Å²) in [6, 6.07) is 9.24. The van der Waals surface area contributed by atoms with Gasteiger partial charge in [0.1, 0.15) is 17.5 Å². The Morgan fingerprint density at radius 1 is 0.800 bits per heavy atom. The molecule has 164 valence electrons. The molecule has 0 aromatic heterocycles. The summed E-state index contributed by atoms with van der Waals surface area (Å²) >= 11 is 0. The minimum absolute atomic E-state index is 0.104. The zero-order chi connectivity index (χ0) is 21.8. The quantitative estimate of drug-likeness (QED) is 0.471. The third-order valence-electron chi connectivity index (χ3n) is 6.30. The molecule has 1 N–H and O–H groups in total. The van der Waals surface area contributed by atoms with Gasteiger partial charge in [-0.3, -0.25) is 0 Å². The molecule has 0 aliphatic heterocycles. The summed E-state index contributed by atoms with van der Waals surface area (Å²) in [4.78, 5) is 0. The predicted octanol–water partition coefficient (Wildman–Crippen LogP) is 7.17. The van der Waals surface area contributed by atoms with Gasteiger partial charge >= 0.3 is 0 Å². The highest BCUT2D eigenvalue weighted by atomic mass is 19.1. The van der Waals surface area contributed by atoms with Crippen LogP contribution in [0.4, 0.5) is 13.2 Å². The molecule has 1 fully saturated rings. The van der Waals surface area contributed by atoms with E-state index in [1.54, 1.807) is 12.1 Å². The fraction of sp³-hybridized carbons (Fsp3) is 0.538. The molecule has 1 saturated carbocycles. The van der Waals surface area contributed by atoms with E-state index in [1.165, 1.54) is 18.6 Å². The maximum atomic E-state index is 14.5. The van der Waals surface area contributed by atoms with Crippen molar-refractivity contribution < 1.29 is 13.2 Å². The largest absolute Gasteiger partial charge is 0.307 e. The van der Waals surface area contributed by atoms with Crippen LogP contribution in [0, 0.1) is 17.5 Å². The minimum atomic E-state index is -0.523. The second kappa shape index (κ2) is 9.55. The van der Waals surface area contributed by atoms with Crippen LogP contribution in [0.3, 0.4) is 0 Å². The average molecular weight is 418 g/mol. The normalized spacial score (nSPS) is 16.6. The van der Waals surface area contributed by atoms with E-state index in [-0.39, 0.29) is 16.8 Å². The Kier molecular flexibility index (Phi) is 7.28. The number of aryl methyl sites for hydroxylation is 1. The van der Waals surface area contributed by atoms with E-state index in [9.17, 15) is 13.2 Å². The van der Waals surface area contributed by atoms with E-state index < -0.39 is 11.6 Å². The van der Waals surface area contributed by atoms with Crippen LogP contribution >= 0.6 is 0 Å². The van der Waals surface area contributed by atoms with E-state index in [0.717, 1.165) is 62.3 Å². The molecule has 2 aromatic rings.